The Labute approximate surface area is 94.4 Å². The molecule has 1 heterocycles. The Balaban J connectivity index is 1.76. The van der Waals surface area contributed by atoms with Gasteiger partial charge in [-0.2, -0.15) is 0 Å². The van der Waals surface area contributed by atoms with Crippen LogP contribution in [-0.2, 0) is 0 Å². The number of rotatable bonds is 5. The van der Waals surface area contributed by atoms with Gasteiger partial charge in [0.15, 0.2) is 0 Å². The standard InChI is InChI=1S/C13H26N2/c1-2-9-14-11-13-8-5-10-15(13)12-6-3-4-7-12/h12-14H,2-11H2,1H3. The summed E-state index contributed by atoms with van der Waals surface area (Å²) >= 11 is 0. The molecule has 2 rings (SSSR count). The zero-order valence-corrected chi connectivity index (χ0v) is 10.2. The Morgan fingerprint density at radius 1 is 1.13 bits per heavy atom. The predicted octanol–water partition coefficient (Wildman–Crippen LogP) is 2.39. The summed E-state index contributed by atoms with van der Waals surface area (Å²) in [5.41, 5.74) is 0. The minimum Gasteiger partial charge on any atom is -0.315 e. The normalized spacial score (nSPS) is 29.0. The highest BCUT2D eigenvalue weighted by molar-refractivity contribution is 4.88. The largest absolute Gasteiger partial charge is 0.315 e. The van der Waals surface area contributed by atoms with Crippen molar-refractivity contribution >= 4 is 0 Å². The van der Waals surface area contributed by atoms with Gasteiger partial charge in [-0.15, -0.1) is 0 Å². The Hall–Kier alpha value is -0.0800. The second-order valence-electron chi connectivity index (χ2n) is 5.18. The van der Waals surface area contributed by atoms with Crippen LogP contribution >= 0.6 is 0 Å². The molecule has 1 aliphatic heterocycles. The van der Waals surface area contributed by atoms with Crippen molar-refractivity contribution in [2.24, 2.45) is 0 Å². The van der Waals surface area contributed by atoms with Gasteiger partial charge in [0, 0.05) is 18.6 Å². The van der Waals surface area contributed by atoms with Gasteiger partial charge in [-0.05, 0) is 45.2 Å². The zero-order chi connectivity index (χ0) is 10.5. The van der Waals surface area contributed by atoms with E-state index >= 15 is 0 Å². The first kappa shape index (κ1) is 11.4. The molecule has 0 aromatic rings. The van der Waals surface area contributed by atoms with Gasteiger partial charge in [-0.1, -0.05) is 19.8 Å². The second-order valence-corrected chi connectivity index (χ2v) is 5.18. The summed E-state index contributed by atoms with van der Waals surface area (Å²) in [4.78, 5) is 2.80. The molecule has 1 aliphatic carbocycles. The first-order valence-electron chi connectivity index (χ1n) is 6.88. The summed E-state index contributed by atoms with van der Waals surface area (Å²) in [7, 11) is 0. The fourth-order valence-electron chi connectivity index (χ4n) is 3.24. The molecule has 0 aromatic heterocycles. The van der Waals surface area contributed by atoms with Crippen molar-refractivity contribution in [2.45, 2.75) is 64.0 Å². The number of hydrogen-bond donors (Lipinski definition) is 1. The number of nitrogens with one attached hydrogen (secondary N) is 1. The van der Waals surface area contributed by atoms with E-state index in [-0.39, 0.29) is 0 Å². The molecule has 1 unspecified atom stereocenters. The fourth-order valence-corrected chi connectivity index (χ4v) is 3.24. The van der Waals surface area contributed by atoms with Crippen molar-refractivity contribution in [3.63, 3.8) is 0 Å². The van der Waals surface area contributed by atoms with Crippen LogP contribution in [0.25, 0.3) is 0 Å². The Bertz CT molecular complexity index is 175. The average molecular weight is 210 g/mol. The molecule has 0 amide bonds. The van der Waals surface area contributed by atoms with Crippen molar-refractivity contribution in [2.75, 3.05) is 19.6 Å². The number of nitrogens with zero attached hydrogens (tertiary/aromatic N) is 1. The molecule has 2 nitrogen and oxygen atoms in total. The fraction of sp³-hybridized carbons (Fsp3) is 1.00. The van der Waals surface area contributed by atoms with Crippen molar-refractivity contribution in [1.82, 2.24) is 10.2 Å². The van der Waals surface area contributed by atoms with E-state index in [1.54, 1.807) is 0 Å². The lowest BCUT2D eigenvalue weighted by atomic mass is 10.1. The highest BCUT2D eigenvalue weighted by atomic mass is 15.2. The SMILES string of the molecule is CCCNCC1CCCN1C1CCCC1. The van der Waals surface area contributed by atoms with Crippen LogP contribution in [0.3, 0.4) is 0 Å². The monoisotopic (exact) mass is 210 g/mol. The maximum absolute atomic E-state index is 3.59. The minimum absolute atomic E-state index is 0.847. The molecule has 0 aromatic carbocycles. The van der Waals surface area contributed by atoms with Crippen LogP contribution in [0.1, 0.15) is 51.9 Å². The first-order valence-corrected chi connectivity index (χ1v) is 6.88. The van der Waals surface area contributed by atoms with Crippen LogP contribution in [0.15, 0.2) is 0 Å². The van der Waals surface area contributed by atoms with Crippen molar-refractivity contribution in [3.05, 3.63) is 0 Å². The molecule has 1 saturated heterocycles. The summed E-state index contributed by atoms with van der Waals surface area (Å²) in [5.74, 6) is 0. The molecule has 1 saturated carbocycles. The summed E-state index contributed by atoms with van der Waals surface area (Å²) in [5, 5.41) is 3.59. The quantitative estimate of drug-likeness (QED) is 0.701. The maximum atomic E-state index is 3.59. The molecule has 0 spiro atoms. The average Bonchev–Trinajstić information content (AvgIpc) is 2.87. The molecule has 1 atom stereocenters. The molecule has 15 heavy (non-hydrogen) atoms. The summed E-state index contributed by atoms with van der Waals surface area (Å²) in [6.45, 7) is 6.03. The summed E-state index contributed by atoms with van der Waals surface area (Å²) in [6, 6.07) is 1.78. The highest BCUT2D eigenvalue weighted by Crippen LogP contribution is 2.29. The molecule has 88 valence electrons. The van der Waals surface area contributed by atoms with E-state index in [0.29, 0.717) is 0 Å². The van der Waals surface area contributed by atoms with Crippen LogP contribution in [0.5, 0.6) is 0 Å². The van der Waals surface area contributed by atoms with Crippen LogP contribution in [0, 0.1) is 0 Å². The van der Waals surface area contributed by atoms with Crippen molar-refractivity contribution in [1.29, 1.82) is 0 Å². The smallest absolute Gasteiger partial charge is 0.0224 e. The van der Waals surface area contributed by atoms with Gasteiger partial charge in [0.25, 0.3) is 0 Å². The molecule has 2 heteroatoms. The molecule has 2 fully saturated rings. The summed E-state index contributed by atoms with van der Waals surface area (Å²) in [6.07, 6.45) is 9.97. The van der Waals surface area contributed by atoms with E-state index in [4.69, 9.17) is 0 Å². The van der Waals surface area contributed by atoms with Gasteiger partial charge in [-0.25, -0.2) is 0 Å². The number of hydrogen-bond acceptors (Lipinski definition) is 2. The van der Waals surface area contributed by atoms with Gasteiger partial charge in [0.05, 0.1) is 0 Å². The lowest BCUT2D eigenvalue weighted by Crippen LogP contribution is -2.43. The van der Waals surface area contributed by atoms with Crippen LogP contribution in [0.4, 0.5) is 0 Å². The topological polar surface area (TPSA) is 15.3 Å². The van der Waals surface area contributed by atoms with E-state index in [9.17, 15) is 0 Å². The van der Waals surface area contributed by atoms with E-state index in [0.717, 1.165) is 12.1 Å². The van der Waals surface area contributed by atoms with E-state index < -0.39 is 0 Å². The second kappa shape index (κ2) is 5.86. The minimum atomic E-state index is 0.847. The van der Waals surface area contributed by atoms with Crippen LogP contribution in [-0.4, -0.2) is 36.6 Å². The third kappa shape index (κ3) is 2.94. The van der Waals surface area contributed by atoms with Gasteiger partial charge in [-0.3, -0.25) is 4.90 Å². The van der Waals surface area contributed by atoms with Crippen molar-refractivity contribution < 1.29 is 0 Å². The van der Waals surface area contributed by atoms with Crippen LogP contribution in [0.2, 0.25) is 0 Å². The van der Waals surface area contributed by atoms with Gasteiger partial charge in [0.1, 0.15) is 0 Å². The first-order chi connectivity index (χ1) is 7.42. The lowest BCUT2D eigenvalue weighted by Gasteiger charge is -2.30. The van der Waals surface area contributed by atoms with E-state index in [1.165, 1.54) is 64.6 Å². The maximum Gasteiger partial charge on any atom is 0.0224 e. The Morgan fingerprint density at radius 2 is 1.93 bits per heavy atom. The molecule has 0 radical (unpaired) electrons. The molecular weight excluding hydrogens is 184 g/mol. The van der Waals surface area contributed by atoms with Gasteiger partial charge < -0.3 is 5.32 Å². The van der Waals surface area contributed by atoms with Crippen molar-refractivity contribution in [3.8, 4) is 0 Å². The van der Waals surface area contributed by atoms with Gasteiger partial charge in [0.2, 0.25) is 0 Å². The molecule has 2 aliphatic rings. The lowest BCUT2D eigenvalue weighted by molar-refractivity contribution is 0.178. The van der Waals surface area contributed by atoms with Gasteiger partial charge >= 0.3 is 0 Å². The molecule has 0 bridgehead atoms. The molecule has 1 N–H and O–H groups in total. The summed E-state index contributed by atoms with van der Waals surface area (Å²) < 4.78 is 0. The number of likely N-dealkylation sites (tertiary alicyclic amines) is 1. The third-order valence-corrected chi connectivity index (χ3v) is 4.02. The molecular formula is C13H26N2. The Kier molecular flexibility index (Phi) is 4.45. The predicted molar refractivity (Wildman–Crippen MR) is 65.1 cm³/mol. The van der Waals surface area contributed by atoms with Crippen LogP contribution < -0.4 is 5.32 Å². The van der Waals surface area contributed by atoms with E-state index in [2.05, 4.69) is 17.1 Å². The highest BCUT2D eigenvalue weighted by Gasteiger charge is 2.31. The van der Waals surface area contributed by atoms with E-state index in [1.807, 2.05) is 0 Å². The third-order valence-electron chi connectivity index (χ3n) is 4.02. The Morgan fingerprint density at radius 3 is 2.67 bits per heavy atom. The zero-order valence-electron chi connectivity index (χ0n) is 10.2.